The molecule has 2 aromatic carbocycles. The van der Waals surface area contributed by atoms with Gasteiger partial charge in [-0.15, -0.1) is 0 Å². The van der Waals surface area contributed by atoms with Crippen LogP contribution in [0.1, 0.15) is 61.8 Å². The standard InChI is InChI=1S/C31H39N5O/c1-22-9-6-10-23-11-7-13-26(27(22)23)36-19-25-28(31(21-36)14-15-31)29(35-17-4-3-5-18-35)33-30(32-25)37-20-24-12-8-16-34(24)2/h6-7,9-11,13,24H,3-5,8,12,14-21H2,1-2H3/t24-/m0/s1. The van der Waals surface area contributed by atoms with E-state index in [1.165, 1.54) is 84.0 Å². The topological polar surface area (TPSA) is 44.7 Å². The van der Waals surface area contributed by atoms with Gasteiger partial charge < -0.3 is 19.4 Å². The number of nitrogens with zero attached hydrogens (tertiary/aromatic N) is 5. The predicted molar refractivity (Wildman–Crippen MR) is 150 cm³/mol. The van der Waals surface area contributed by atoms with Gasteiger partial charge in [0.25, 0.3) is 0 Å². The van der Waals surface area contributed by atoms with Crippen molar-refractivity contribution in [3.05, 3.63) is 53.2 Å². The summed E-state index contributed by atoms with van der Waals surface area (Å²) in [4.78, 5) is 17.8. The zero-order valence-corrected chi connectivity index (χ0v) is 22.4. The third kappa shape index (κ3) is 4.14. The lowest BCUT2D eigenvalue weighted by Crippen LogP contribution is -2.42. The summed E-state index contributed by atoms with van der Waals surface area (Å²) in [6, 6.07) is 14.4. The molecule has 6 nitrogen and oxygen atoms in total. The molecule has 7 rings (SSSR count). The largest absolute Gasteiger partial charge is 0.462 e. The van der Waals surface area contributed by atoms with Crippen molar-refractivity contribution in [3.63, 3.8) is 0 Å². The minimum Gasteiger partial charge on any atom is -0.462 e. The van der Waals surface area contributed by atoms with Crippen LogP contribution in [0.5, 0.6) is 6.01 Å². The molecular formula is C31H39N5O. The molecule has 194 valence electrons. The number of likely N-dealkylation sites (N-methyl/N-ethyl adjacent to an activating group) is 1. The van der Waals surface area contributed by atoms with Crippen LogP contribution in [-0.2, 0) is 12.0 Å². The normalized spacial score (nSPS) is 23.0. The lowest BCUT2D eigenvalue weighted by atomic mass is 9.88. The maximum absolute atomic E-state index is 6.37. The average molecular weight is 498 g/mol. The Morgan fingerprint density at radius 2 is 1.76 bits per heavy atom. The molecule has 1 atom stereocenters. The summed E-state index contributed by atoms with van der Waals surface area (Å²) in [5, 5.41) is 2.69. The molecule has 2 saturated heterocycles. The lowest BCUT2D eigenvalue weighted by molar-refractivity contribution is 0.187. The number of likely N-dealkylation sites (tertiary alicyclic amines) is 1. The summed E-state index contributed by atoms with van der Waals surface area (Å²) in [6.07, 6.45) is 8.69. The van der Waals surface area contributed by atoms with E-state index in [-0.39, 0.29) is 5.41 Å². The van der Waals surface area contributed by atoms with E-state index in [0.29, 0.717) is 18.7 Å². The number of benzene rings is 2. The predicted octanol–water partition coefficient (Wildman–Crippen LogP) is 5.45. The van der Waals surface area contributed by atoms with E-state index in [1.807, 2.05) is 0 Å². The van der Waals surface area contributed by atoms with Crippen LogP contribution in [-0.4, -0.2) is 60.7 Å². The van der Waals surface area contributed by atoms with Crippen LogP contribution in [0.25, 0.3) is 10.8 Å². The molecule has 4 heterocycles. The van der Waals surface area contributed by atoms with Crippen LogP contribution < -0.4 is 14.5 Å². The van der Waals surface area contributed by atoms with Gasteiger partial charge >= 0.3 is 6.01 Å². The maximum Gasteiger partial charge on any atom is 0.318 e. The molecule has 37 heavy (non-hydrogen) atoms. The van der Waals surface area contributed by atoms with Gasteiger partial charge in [0.05, 0.1) is 12.2 Å². The Balaban J connectivity index is 1.29. The van der Waals surface area contributed by atoms with Crippen LogP contribution in [0.2, 0.25) is 0 Å². The van der Waals surface area contributed by atoms with Crippen LogP contribution in [0.3, 0.4) is 0 Å². The van der Waals surface area contributed by atoms with Gasteiger partial charge in [0, 0.05) is 47.7 Å². The van der Waals surface area contributed by atoms with Crippen LogP contribution in [0.4, 0.5) is 11.5 Å². The number of rotatable bonds is 5. The minimum absolute atomic E-state index is 0.162. The van der Waals surface area contributed by atoms with Gasteiger partial charge in [-0.05, 0) is 82.5 Å². The van der Waals surface area contributed by atoms with E-state index in [9.17, 15) is 0 Å². The highest BCUT2D eigenvalue weighted by molar-refractivity contribution is 5.97. The Kier molecular flexibility index (Phi) is 5.76. The first-order chi connectivity index (χ1) is 18.1. The summed E-state index contributed by atoms with van der Waals surface area (Å²) in [6.45, 7) is 8.11. The SMILES string of the molecule is Cc1cccc2cccc(N3Cc4nc(OC[C@@H]5CCCN5C)nc(N5CCCCC5)c4C4(CC4)C3)c12. The molecule has 1 aromatic heterocycles. The third-order valence-electron chi connectivity index (χ3n) is 9.33. The van der Waals surface area contributed by atoms with Gasteiger partial charge in [0.1, 0.15) is 12.4 Å². The number of hydrogen-bond acceptors (Lipinski definition) is 6. The van der Waals surface area contributed by atoms with Crippen LogP contribution in [0, 0.1) is 6.92 Å². The summed E-state index contributed by atoms with van der Waals surface area (Å²) in [7, 11) is 2.20. The van der Waals surface area contributed by atoms with Gasteiger partial charge in [-0.1, -0.05) is 30.3 Å². The number of piperidine rings is 1. The van der Waals surface area contributed by atoms with Crippen LogP contribution in [0.15, 0.2) is 36.4 Å². The zero-order valence-electron chi connectivity index (χ0n) is 22.4. The molecule has 0 N–H and O–H groups in total. The molecule has 3 fully saturated rings. The molecule has 0 amide bonds. The minimum atomic E-state index is 0.162. The number of fused-ring (bicyclic) bond motifs is 3. The number of anilines is 2. The monoisotopic (exact) mass is 497 g/mol. The first kappa shape index (κ1) is 23.3. The van der Waals surface area contributed by atoms with Crippen molar-refractivity contribution in [2.45, 2.75) is 69.9 Å². The smallest absolute Gasteiger partial charge is 0.318 e. The fourth-order valence-electron chi connectivity index (χ4n) is 7.07. The number of ether oxygens (including phenoxy) is 1. The summed E-state index contributed by atoms with van der Waals surface area (Å²) < 4.78 is 6.37. The Hall–Kier alpha value is -2.86. The van der Waals surface area contributed by atoms with Crippen molar-refractivity contribution >= 4 is 22.3 Å². The van der Waals surface area contributed by atoms with E-state index in [2.05, 4.69) is 65.1 Å². The number of hydrogen-bond donors (Lipinski definition) is 0. The van der Waals surface area contributed by atoms with Crippen molar-refractivity contribution < 1.29 is 4.74 Å². The maximum atomic E-state index is 6.37. The van der Waals surface area contributed by atoms with Crippen molar-refractivity contribution in [1.82, 2.24) is 14.9 Å². The van der Waals surface area contributed by atoms with E-state index in [0.717, 1.165) is 32.7 Å². The molecule has 0 radical (unpaired) electrons. The average Bonchev–Trinajstić information content (AvgIpc) is 3.56. The molecule has 0 unspecified atom stereocenters. The van der Waals surface area contributed by atoms with E-state index in [1.54, 1.807) is 0 Å². The Bertz CT molecular complexity index is 1310. The second-order valence-corrected chi connectivity index (χ2v) is 11.9. The Morgan fingerprint density at radius 1 is 0.946 bits per heavy atom. The van der Waals surface area contributed by atoms with Crippen molar-refractivity contribution in [2.75, 3.05) is 49.6 Å². The van der Waals surface area contributed by atoms with Gasteiger partial charge in [0.2, 0.25) is 0 Å². The first-order valence-corrected chi connectivity index (χ1v) is 14.3. The molecule has 1 spiro atoms. The van der Waals surface area contributed by atoms with Gasteiger partial charge in [-0.2, -0.15) is 9.97 Å². The first-order valence-electron chi connectivity index (χ1n) is 14.3. The lowest BCUT2D eigenvalue weighted by Gasteiger charge is -2.40. The fraction of sp³-hybridized carbons (Fsp3) is 0.548. The van der Waals surface area contributed by atoms with Gasteiger partial charge in [-0.25, -0.2) is 0 Å². The summed E-state index contributed by atoms with van der Waals surface area (Å²) >= 11 is 0. The fourth-order valence-corrected chi connectivity index (χ4v) is 7.07. The van der Waals surface area contributed by atoms with Crippen molar-refractivity contribution in [2.24, 2.45) is 0 Å². The van der Waals surface area contributed by atoms with Gasteiger partial charge in [0.15, 0.2) is 0 Å². The van der Waals surface area contributed by atoms with Gasteiger partial charge in [-0.3, -0.25) is 0 Å². The second-order valence-electron chi connectivity index (χ2n) is 11.9. The molecule has 1 saturated carbocycles. The van der Waals surface area contributed by atoms with Crippen molar-refractivity contribution in [3.8, 4) is 6.01 Å². The highest BCUT2D eigenvalue weighted by atomic mass is 16.5. The highest BCUT2D eigenvalue weighted by Gasteiger charge is 2.52. The molecular weight excluding hydrogens is 458 g/mol. The molecule has 6 heteroatoms. The zero-order chi connectivity index (χ0) is 25.0. The van der Waals surface area contributed by atoms with E-state index >= 15 is 0 Å². The molecule has 3 aromatic rings. The molecule has 3 aliphatic heterocycles. The van der Waals surface area contributed by atoms with Crippen LogP contribution >= 0.6 is 0 Å². The Morgan fingerprint density at radius 3 is 2.51 bits per heavy atom. The highest BCUT2D eigenvalue weighted by Crippen LogP contribution is 2.56. The quantitative estimate of drug-likeness (QED) is 0.467. The second kappa shape index (κ2) is 9.16. The molecule has 0 bridgehead atoms. The molecule has 4 aliphatic rings. The van der Waals surface area contributed by atoms with E-state index in [4.69, 9.17) is 14.7 Å². The Labute approximate surface area is 220 Å². The van der Waals surface area contributed by atoms with E-state index < -0.39 is 0 Å². The number of aromatic nitrogens is 2. The number of aryl methyl sites for hydroxylation is 1. The van der Waals surface area contributed by atoms with Crippen molar-refractivity contribution in [1.29, 1.82) is 0 Å². The summed E-state index contributed by atoms with van der Waals surface area (Å²) in [5.41, 5.74) is 5.44. The molecule has 1 aliphatic carbocycles. The third-order valence-corrected chi connectivity index (χ3v) is 9.33. The summed E-state index contributed by atoms with van der Waals surface area (Å²) in [5.74, 6) is 1.17.